The number of fused-ring (bicyclic) bond motifs is 2. The first-order chi connectivity index (χ1) is 9.42. The van der Waals surface area contributed by atoms with Crippen molar-refractivity contribution in [3.8, 4) is 11.4 Å². The summed E-state index contributed by atoms with van der Waals surface area (Å²) in [6.45, 7) is 1.99. The lowest BCUT2D eigenvalue weighted by molar-refractivity contribution is 0.644. The van der Waals surface area contributed by atoms with Crippen molar-refractivity contribution in [3.63, 3.8) is 0 Å². The smallest absolute Gasteiger partial charge is 0.169 e. The summed E-state index contributed by atoms with van der Waals surface area (Å²) in [6, 6.07) is 8.37. The lowest BCUT2D eigenvalue weighted by Gasteiger charge is -2.17. The van der Waals surface area contributed by atoms with E-state index < -0.39 is 0 Å². The number of hydrogen-bond donors (Lipinski definition) is 1. The molecule has 94 valence electrons. The van der Waals surface area contributed by atoms with Crippen molar-refractivity contribution in [1.82, 2.24) is 24.9 Å². The minimum atomic E-state index is 0.820. The molecule has 1 aliphatic rings. The average Bonchev–Trinajstić information content (AvgIpc) is 2.91. The molecule has 1 N–H and O–H groups in total. The molecule has 0 unspecified atom stereocenters. The van der Waals surface area contributed by atoms with Crippen molar-refractivity contribution in [2.24, 2.45) is 0 Å². The van der Waals surface area contributed by atoms with Crippen LogP contribution in [0.5, 0.6) is 0 Å². The summed E-state index contributed by atoms with van der Waals surface area (Å²) in [7, 11) is 0. The molecule has 0 spiro atoms. The maximum absolute atomic E-state index is 4.27. The molecule has 3 heterocycles. The number of benzene rings is 1. The van der Waals surface area contributed by atoms with Crippen LogP contribution >= 0.6 is 0 Å². The number of nitrogens with one attached hydrogen (secondary N) is 1. The zero-order valence-electron chi connectivity index (χ0n) is 10.4. The molecule has 5 nitrogen and oxygen atoms in total. The van der Waals surface area contributed by atoms with Crippen LogP contribution in [0.25, 0.3) is 17.0 Å². The maximum atomic E-state index is 4.27. The monoisotopic (exact) mass is 251 g/mol. The van der Waals surface area contributed by atoms with Gasteiger partial charge in [0.25, 0.3) is 0 Å². The SMILES string of the molecule is c1cc2nnc(-c3ccc4c(c3)CNCC4)n2cn1. The highest BCUT2D eigenvalue weighted by Crippen LogP contribution is 2.23. The van der Waals surface area contributed by atoms with Gasteiger partial charge in [-0.25, -0.2) is 4.98 Å². The van der Waals surface area contributed by atoms with Crippen molar-refractivity contribution in [1.29, 1.82) is 0 Å². The van der Waals surface area contributed by atoms with Crippen LogP contribution < -0.4 is 5.32 Å². The van der Waals surface area contributed by atoms with Crippen molar-refractivity contribution in [2.45, 2.75) is 13.0 Å². The van der Waals surface area contributed by atoms with Gasteiger partial charge in [0, 0.05) is 24.4 Å². The fourth-order valence-corrected chi connectivity index (χ4v) is 2.56. The van der Waals surface area contributed by atoms with Gasteiger partial charge in [-0.2, -0.15) is 0 Å². The van der Waals surface area contributed by atoms with Crippen LogP contribution in [0.15, 0.2) is 36.8 Å². The van der Waals surface area contributed by atoms with Crippen molar-refractivity contribution >= 4 is 5.65 Å². The van der Waals surface area contributed by atoms with E-state index in [1.807, 2.05) is 10.5 Å². The van der Waals surface area contributed by atoms with Crippen molar-refractivity contribution in [2.75, 3.05) is 6.54 Å². The Morgan fingerprint density at radius 2 is 2.11 bits per heavy atom. The summed E-state index contributed by atoms with van der Waals surface area (Å²) >= 11 is 0. The van der Waals surface area contributed by atoms with Crippen LogP contribution in [-0.4, -0.2) is 26.1 Å². The molecule has 1 aliphatic heterocycles. The fraction of sp³-hybridized carbons (Fsp3) is 0.214. The van der Waals surface area contributed by atoms with Gasteiger partial charge in [-0.05, 0) is 30.2 Å². The molecule has 1 aromatic carbocycles. The number of aromatic nitrogens is 4. The van der Waals surface area contributed by atoms with Crippen LogP contribution in [0.2, 0.25) is 0 Å². The Balaban J connectivity index is 1.88. The number of hydrogen-bond acceptors (Lipinski definition) is 4. The van der Waals surface area contributed by atoms with Crippen molar-refractivity contribution < 1.29 is 0 Å². The van der Waals surface area contributed by atoms with E-state index in [4.69, 9.17) is 0 Å². The third-order valence-corrected chi connectivity index (χ3v) is 3.57. The van der Waals surface area contributed by atoms with Gasteiger partial charge in [0.15, 0.2) is 11.5 Å². The topological polar surface area (TPSA) is 55.1 Å². The second kappa shape index (κ2) is 4.13. The molecule has 19 heavy (non-hydrogen) atoms. The normalized spacial score (nSPS) is 14.5. The summed E-state index contributed by atoms with van der Waals surface area (Å²) in [5.74, 6) is 0.844. The predicted octanol–water partition coefficient (Wildman–Crippen LogP) is 1.44. The first-order valence-corrected chi connectivity index (χ1v) is 6.39. The average molecular weight is 251 g/mol. The van der Waals surface area contributed by atoms with E-state index in [0.29, 0.717) is 0 Å². The van der Waals surface area contributed by atoms with Crippen LogP contribution in [0.3, 0.4) is 0 Å². The molecular weight excluding hydrogens is 238 g/mol. The Kier molecular flexibility index (Phi) is 2.31. The number of nitrogens with zero attached hydrogens (tertiary/aromatic N) is 4. The molecule has 5 heteroatoms. The van der Waals surface area contributed by atoms with E-state index in [1.54, 1.807) is 12.5 Å². The maximum Gasteiger partial charge on any atom is 0.169 e. The molecule has 0 amide bonds. The van der Waals surface area contributed by atoms with E-state index >= 15 is 0 Å². The molecule has 0 saturated heterocycles. The summed E-state index contributed by atoms with van der Waals surface area (Å²) in [5, 5.41) is 11.8. The third kappa shape index (κ3) is 1.70. The predicted molar refractivity (Wildman–Crippen MR) is 71.6 cm³/mol. The van der Waals surface area contributed by atoms with Crippen LogP contribution in [0.1, 0.15) is 11.1 Å². The summed E-state index contributed by atoms with van der Waals surface area (Å²) < 4.78 is 1.91. The highest BCUT2D eigenvalue weighted by Gasteiger charge is 2.12. The summed E-state index contributed by atoms with van der Waals surface area (Å²) in [4.78, 5) is 4.13. The first kappa shape index (κ1) is 10.6. The second-order valence-electron chi connectivity index (χ2n) is 4.74. The molecule has 0 atom stereocenters. The van der Waals surface area contributed by atoms with E-state index in [9.17, 15) is 0 Å². The van der Waals surface area contributed by atoms with Crippen LogP contribution in [-0.2, 0) is 13.0 Å². The largest absolute Gasteiger partial charge is 0.312 e. The third-order valence-electron chi connectivity index (χ3n) is 3.57. The van der Waals surface area contributed by atoms with Crippen molar-refractivity contribution in [3.05, 3.63) is 47.9 Å². The lowest BCUT2D eigenvalue weighted by Crippen LogP contribution is -2.23. The molecule has 0 bridgehead atoms. The lowest BCUT2D eigenvalue weighted by atomic mass is 9.98. The van der Waals surface area contributed by atoms with E-state index in [2.05, 4.69) is 38.7 Å². The number of rotatable bonds is 1. The minimum absolute atomic E-state index is 0.820. The van der Waals surface area contributed by atoms with E-state index in [0.717, 1.165) is 36.5 Å². The Morgan fingerprint density at radius 1 is 1.11 bits per heavy atom. The standard InChI is InChI=1S/C14H13N5/c1-2-11(7-12-8-15-5-3-10(1)12)14-18-17-13-4-6-16-9-19(13)14/h1-2,4,6-7,9,15H,3,5,8H2. The van der Waals surface area contributed by atoms with Gasteiger partial charge in [-0.1, -0.05) is 12.1 Å². The first-order valence-electron chi connectivity index (χ1n) is 6.39. The second-order valence-corrected chi connectivity index (χ2v) is 4.74. The molecule has 2 aromatic heterocycles. The van der Waals surface area contributed by atoms with Crippen LogP contribution in [0.4, 0.5) is 0 Å². The fourth-order valence-electron chi connectivity index (χ4n) is 2.56. The molecule has 0 saturated carbocycles. The van der Waals surface area contributed by atoms with E-state index in [1.165, 1.54) is 11.1 Å². The van der Waals surface area contributed by atoms with Gasteiger partial charge in [0.05, 0.1) is 0 Å². The molecule has 0 fully saturated rings. The van der Waals surface area contributed by atoms with E-state index in [-0.39, 0.29) is 0 Å². The molecule has 0 radical (unpaired) electrons. The molecule has 4 rings (SSSR count). The Hall–Kier alpha value is -2.27. The van der Waals surface area contributed by atoms with Gasteiger partial charge in [-0.15, -0.1) is 10.2 Å². The van der Waals surface area contributed by atoms with Gasteiger partial charge >= 0.3 is 0 Å². The summed E-state index contributed by atoms with van der Waals surface area (Å²) in [6.07, 6.45) is 4.57. The highest BCUT2D eigenvalue weighted by molar-refractivity contribution is 5.61. The molecular formula is C14H13N5. The minimum Gasteiger partial charge on any atom is -0.312 e. The Morgan fingerprint density at radius 3 is 3.11 bits per heavy atom. The van der Waals surface area contributed by atoms with Gasteiger partial charge in [-0.3, -0.25) is 4.40 Å². The Labute approximate surface area is 110 Å². The zero-order valence-corrected chi connectivity index (χ0v) is 10.4. The van der Waals surface area contributed by atoms with Crippen LogP contribution in [0, 0.1) is 0 Å². The zero-order chi connectivity index (χ0) is 12.7. The van der Waals surface area contributed by atoms with Gasteiger partial charge in [0.2, 0.25) is 0 Å². The Bertz CT molecular complexity index is 746. The summed E-state index contributed by atoms with van der Waals surface area (Å²) in [5.41, 5.74) is 4.68. The van der Waals surface area contributed by atoms with Gasteiger partial charge in [0.1, 0.15) is 6.33 Å². The van der Waals surface area contributed by atoms with Gasteiger partial charge < -0.3 is 5.32 Å². The highest BCUT2D eigenvalue weighted by atomic mass is 15.3. The molecule has 3 aromatic rings. The quantitative estimate of drug-likeness (QED) is 0.711. The molecule has 0 aliphatic carbocycles.